The Balaban J connectivity index is 1.53. The summed E-state index contributed by atoms with van der Waals surface area (Å²) in [4.78, 5) is 27.9. The van der Waals surface area contributed by atoms with Gasteiger partial charge in [-0.05, 0) is 38.8 Å². The summed E-state index contributed by atoms with van der Waals surface area (Å²) in [5.41, 5.74) is 1.92. The number of ketones is 1. The third kappa shape index (κ3) is 4.31. The summed E-state index contributed by atoms with van der Waals surface area (Å²) in [6.45, 7) is 3.95. The van der Waals surface area contributed by atoms with Crippen molar-refractivity contribution in [3.8, 4) is 0 Å². The van der Waals surface area contributed by atoms with Gasteiger partial charge in [-0.3, -0.25) is 9.59 Å². The minimum atomic E-state index is -1.08. The van der Waals surface area contributed by atoms with E-state index in [1.54, 1.807) is 0 Å². The molecule has 2 atom stereocenters. The molecule has 1 saturated heterocycles. The zero-order chi connectivity index (χ0) is 18.7. The molecule has 2 heterocycles. The van der Waals surface area contributed by atoms with E-state index in [2.05, 4.69) is 10.3 Å². The predicted octanol–water partition coefficient (Wildman–Crippen LogP) is 1.40. The first kappa shape index (κ1) is 18.6. The Hall–Kier alpha value is -2.19. The van der Waals surface area contributed by atoms with E-state index in [4.69, 9.17) is 4.65 Å². The molecule has 138 valence electrons. The smallest absolute Gasteiger partial charge is 0.426 e. The van der Waals surface area contributed by atoms with Crippen molar-refractivity contribution in [2.75, 3.05) is 0 Å². The minimum Gasteiger partial charge on any atom is -0.426 e. The van der Waals surface area contributed by atoms with E-state index in [1.165, 1.54) is 6.92 Å². The Kier molecular flexibility index (Phi) is 5.73. The van der Waals surface area contributed by atoms with Crippen LogP contribution in [0.4, 0.5) is 0 Å². The van der Waals surface area contributed by atoms with E-state index < -0.39 is 13.1 Å². The van der Waals surface area contributed by atoms with Crippen LogP contribution in [0.1, 0.15) is 38.4 Å². The van der Waals surface area contributed by atoms with Crippen molar-refractivity contribution in [2.24, 2.45) is 0 Å². The summed E-state index contributed by atoms with van der Waals surface area (Å²) in [6.07, 6.45) is 1.56. The Bertz CT molecular complexity index is 807. The van der Waals surface area contributed by atoms with Crippen LogP contribution in [0.3, 0.4) is 0 Å². The Labute approximate surface area is 152 Å². The van der Waals surface area contributed by atoms with E-state index in [0.717, 1.165) is 16.9 Å². The maximum Gasteiger partial charge on any atom is 0.478 e. The number of hydrogen-bond acceptors (Lipinski definition) is 5. The minimum absolute atomic E-state index is 0.0348. The molecule has 1 aromatic heterocycles. The first-order chi connectivity index (χ1) is 12.4. The molecule has 1 unspecified atom stereocenters. The number of para-hydroxylation sites is 2. The first-order valence-corrected chi connectivity index (χ1v) is 8.98. The summed E-state index contributed by atoms with van der Waals surface area (Å²) >= 11 is 0. The SMILES string of the molecule is CC(=O)C[C@@H]1CCC(NC(=O)CCn2c(C)nc3ccccc32)B(O)O1. The monoisotopic (exact) mass is 357 g/mol. The van der Waals surface area contributed by atoms with Crippen LogP contribution < -0.4 is 5.32 Å². The molecule has 1 aliphatic heterocycles. The number of benzene rings is 1. The zero-order valence-corrected chi connectivity index (χ0v) is 15.1. The Morgan fingerprint density at radius 1 is 1.38 bits per heavy atom. The number of imidazole rings is 1. The Morgan fingerprint density at radius 3 is 2.88 bits per heavy atom. The molecule has 0 aliphatic carbocycles. The topological polar surface area (TPSA) is 93.5 Å². The molecule has 1 aromatic carbocycles. The molecule has 26 heavy (non-hydrogen) atoms. The lowest BCUT2D eigenvalue weighted by Crippen LogP contribution is -2.53. The van der Waals surface area contributed by atoms with Crippen LogP contribution in [0, 0.1) is 6.92 Å². The molecule has 2 aromatic rings. The van der Waals surface area contributed by atoms with E-state index >= 15 is 0 Å². The van der Waals surface area contributed by atoms with Gasteiger partial charge in [-0.1, -0.05) is 12.1 Å². The molecular weight excluding hydrogens is 333 g/mol. The average molecular weight is 357 g/mol. The van der Waals surface area contributed by atoms with Crippen molar-refractivity contribution in [3.63, 3.8) is 0 Å². The molecule has 0 saturated carbocycles. The van der Waals surface area contributed by atoms with Gasteiger partial charge in [0.15, 0.2) is 0 Å². The Morgan fingerprint density at radius 2 is 2.15 bits per heavy atom. The summed E-state index contributed by atoms with van der Waals surface area (Å²) in [7, 11) is -1.08. The van der Waals surface area contributed by atoms with Gasteiger partial charge in [-0.15, -0.1) is 0 Å². The quantitative estimate of drug-likeness (QED) is 0.763. The van der Waals surface area contributed by atoms with Crippen LogP contribution in [0.5, 0.6) is 0 Å². The molecule has 3 rings (SSSR count). The number of fused-ring (bicyclic) bond motifs is 1. The summed E-state index contributed by atoms with van der Waals surface area (Å²) in [5.74, 6) is 0.325. The molecule has 1 fully saturated rings. The van der Waals surface area contributed by atoms with Crippen molar-refractivity contribution in [3.05, 3.63) is 30.1 Å². The largest absolute Gasteiger partial charge is 0.478 e. The molecule has 1 aliphatic rings. The van der Waals surface area contributed by atoms with Crippen LogP contribution in [0.15, 0.2) is 24.3 Å². The maximum atomic E-state index is 12.3. The molecular formula is C18H24BN3O4. The lowest BCUT2D eigenvalue weighted by Gasteiger charge is -2.31. The molecule has 0 spiro atoms. The van der Waals surface area contributed by atoms with E-state index in [9.17, 15) is 14.6 Å². The van der Waals surface area contributed by atoms with Crippen molar-refractivity contribution < 1.29 is 19.3 Å². The summed E-state index contributed by atoms with van der Waals surface area (Å²) in [5, 5.41) is 12.9. The van der Waals surface area contributed by atoms with Gasteiger partial charge < -0.3 is 19.6 Å². The standard InChI is InChI=1S/C18H24BN3O4/c1-12(23)11-14-7-8-17(19(25)26-14)21-18(24)9-10-22-13(2)20-15-5-3-4-6-16(15)22/h3-6,14,17,25H,7-11H2,1-2H3,(H,21,24)/t14-,17?/m0/s1. The molecule has 8 heteroatoms. The van der Waals surface area contributed by atoms with Crippen LogP contribution >= 0.6 is 0 Å². The van der Waals surface area contributed by atoms with E-state index in [-0.39, 0.29) is 17.8 Å². The normalized spacial score (nSPS) is 20.3. The van der Waals surface area contributed by atoms with Crippen LogP contribution in [0.2, 0.25) is 0 Å². The van der Waals surface area contributed by atoms with Crippen LogP contribution in [-0.4, -0.2) is 45.4 Å². The highest BCUT2D eigenvalue weighted by molar-refractivity contribution is 6.45. The van der Waals surface area contributed by atoms with Gasteiger partial charge in [0.05, 0.1) is 17.0 Å². The number of Topliss-reactive ketones (excluding diaryl/α,β-unsaturated/α-hetero) is 1. The summed E-state index contributed by atoms with van der Waals surface area (Å²) in [6, 6.07) is 7.83. The highest BCUT2D eigenvalue weighted by Crippen LogP contribution is 2.19. The van der Waals surface area contributed by atoms with Gasteiger partial charge in [0, 0.05) is 25.5 Å². The van der Waals surface area contributed by atoms with Crippen molar-refractivity contribution >= 4 is 29.8 Å². The number of aryl methyl sites for hydroxylation is 2. The highest BCUT2D eigenvalue weighted by atomic mass is 16.5. The van der Waals surface area contributed by atoms with E-state index in [0.29, 0.717) is 32.2 Å². The fourth-order valence-electron chi connectivity index (χ4n) is 3.45. The number of hydrogen-bond donors (Lipinski definition) is 2. The van der Waals surface area contributed by atoms with Gasteiger partial charge in [-0.25, -0.2) is 4.98 Å². The van der Waals surface area contributed by atoms with Crippen LogP contribution in [0.25, 0.3) is 11.0 Å². The molecule has 0 radical (unpaired) electrons. The first-order valence-electron chi connectivity index (χ1n) is 8.98. The predicted molar refractivity (Wildman–Crippen MR) is 98.4 cm³/mol. The average Bonchev–Trinajstić information content (AvgIpc) is 2.90. The zero-order valence-electron chi connectivity index (χ0n) is 15.1. The van der Waals surface area contributed by atoms with Crippen LogP contribution in [-0.2, 0) is 20.8 Å². The van der Waals surface area contributed by atoms with Crippen molar-refractivity contribution in [1.29, 1.82) is 0 Å². The van der Waals surface area contributed by atoms with Crippen molar-refractivity contribution in [1.82, 2.24) is 14.9 Å². The van der Waals surface area contributed by atoms with Gasteiger partial charge in [0.25, 0.3) is 0 Å². The van der Waals surface area contributed by atoms with Gasteiger partial charge >= 0.3 is 7.12 Å². The third-order valence-corrected chi connectivity index (χ3v) is 4.75. The third-order valence-electron chi connectivity index (χ3n) is 4.75. The van der Waals surface area contributed by atoms with Gasteiger partial charge in [-0.2, -0.15) is 0 Å². The second kappa shape index (κ2) is 8.01. The fraction of sp³-hybridized carbons (Fsp3) is 0.500. The number of rotatable bonds is 6. The number of carbonyl (C=O) groups is 2. The molecule has 1 amide bonds. The molecule has 7 nitrogen and oxygen atoms in total. The number of aromatic nitrogens is 2. The number of nitrogens with zero attached hydrogens (tertiary/aromatic N) is 2. The fourth-order valence-corrected chi connectivity index (χ4v) is 3.45. The highest BCUT2D eigenvalue weighted by Gasteiger charge is 2.36. The second-order valence-corrected chi connectivity index (χ2v) is 6.86. The molecule has 0 bridgehead atoms. The lowest BCUT2D eigenvalue weighted by molar-refractivity contribution is -0.122. The van der Waals surface area contributed by atoms with Crippen molar-refractivity contribution in [2.45, 2.75) is 58.1 Å². The number of carbonyl (C=O) groups excluding carboxylic acids is 2. The second-order valence-electron chi connectivity index (χ2n) is 6.86. The summed E-state index contributed by atoms with van der Waals surface area (Å²) < 4.78 is 7.46. The lowest BCUT2D eigenvalue weighted by atomic mass is 9.72. The number of amides is 1. The van der Waals surface area contributed by atoms with Gasteiger partial charge in [0.2, 0.25) is 5.91 Å². The van der Waals surface area contributed by atoms with E-state index in [1.807, 2.05) is 35.8 Å². The maximum absolute atomic E-state index is 12.3. The number of nitrogens with one attached hydrogen (secondary N) is 1. The molecule has 2 N–H and O–H groups in total. The van der Waals surface area contributed by atoms with Gasteiger partial charge in [0.1, 0.15) is 11.6 Å².